The Balaban J connectivity index is 0.000000203. The van der Waals surface area contributed by atoms with Gasteiger partial charge < -0.3 is 4.84 Å². The minimum atomic E-state index is 0.667. The highest BCUT2D eigenvalue weighted by atomic mass is 32.1. The highest BCUT2D eigenvalue weighted by Crippen LogP contribution is 2.15. The summed E-state index contributed by atoms with van der Waals surface area (Å²) in [5.74, 6) is 0.667. The van der Waals surface area contributed by atoms with Crippen LogP contribution in [0.25, 0.3) is 0 Å². The second-order valence-electron chi connectivity index (χ2n) is 3.00. The highest BCUT2D eigenvalue weighted by molar-refractivity contribution is 7.78. The Bertz CT molecular complexity index is 285. The molecule has 0 atom stereocenters. The zero-order valence-electron chi connectivity index (χ0n) is 7.98. The Morgan fingerprint density at radius 2 is 1.64 bits per heavy atom. The molecule has 14 heavy (non-hydrogen) atoms. The maximum Gasteiger partial charge on any atom is 0.158 e. The van der Waals surface area contributed by atoms with Crippen LogP contribution in [0.3, 0.4) is 0 Å². The Hall–Kier alpha value is -1.18. The van der Waals surface area contributed by atoms with Crippen molar-refractivity contribution in [3.63, 3.8) is 0 Å². The molecule has 0 unspecified atom stereocenters. The van der Waals surface area contributed by atoms with Gasteiger partial charge in [-0.05, 0) is 29.5 Å². The molecular formula is C11H13NOS. The van der Waals surface area contributed by atoms with E-state index in [1.807, 2.05) is 18.2 Å². The number of benzene rings is 1. The van der Waals surface area contributed by atoms with E-state index < -0.39 is 0 Å². The molecule has 0 bridgehead atoms. The average Bonchev–Trinajstić information content (AvgIpc) is 2.14. The number of isothiocyanates is 1. The van der Waals surface area contributed by atoms with Crippen LogP contribution in [-0.2, 0) is 0 Å². The molecule has 74 valence electrons. The Labute approximate surface area is 89.6 Å². The lowest BCUT2D eigenvalue weighted by atomic mass is 10.0. The Morgan fingerprint density at radius 3 is 2.07 bits per heavy atom. The molecule has 2 rings (SSSR count). The topological polar surface area (TPSA) is 21.6 Å². The van der Waals surface area contributed by atoms with E-state index >= 15 is 0 Å². The van der Waals surface area contributed by atoms with Gasteiger partial charge in [-0.2, -0.15) is 0 Å². The second-order valence-corrected chi connectivity index (χ2v) is 3.18. The van der Waals surface area contributed by atoms with Crippen molar-refractivity contribution in [1.82, 2.24) is 0 Å². The van der Waals surface area contributed by atoms with Gasteiger partial charge in [0.2, 0.25) is 0 Å². The first kappa shape index (κ1) is 10.9. The van der Waals surface area contributed by atoms with Gasteiger partial charge in [-0.3, -0.25) is 0 Å². The van der Waals surface area contributed by atoms with Crippen LogP contribution in [0.15, 0.2) is 35.5 Å². The smallest absolute Gasteiger partial charge is 0.158 e. The first-order valence-corrected chi connectivity index (χ1v) is 5.13. The van der Waals surface area contributed by atoms with Gasteiger partial charge in [0, 0.05) is 0 Å². The highest BCUT2D eigenvalue weighted by Gasteiger charge is 1.95. The largest absolute Gasteiger partial charge is 0.348 e. The van der Waals surface area contributed by atoms with Crippen molar-refractivity contribution in [2.75, 3.05) is 0 Å². The summed E-state index contributed by atoms with van der Waals surface area (Å²) in [5, 5.41) is 5.41. The second kappa shape index (κ2) is 7.25. The van der Waals surface area contributed by atoms with E-state index in [0.717, 1.165) is 0 Å². The van der Waals surface area contributed by atoms with Crippen LogP contribution >= 0.6 is 12.2 Å². The molecule has 3 heteroatoms. The molecule has 0 aromatic heterocycles. The van der Waals surface area contributed by atoms with Gasteiger partial charge in [0.05, 0.1) is 0 Å². The van der Waals surface area contributed by atoms with Gasteiger partial charge in [0.1, 0.15) is 5.16 Å². The summed E-state index contributed by atoms with van der Waals surface area (Å²) in [6, 6.07) is 9.18. The standard InChI is InChI=1S/C7H5NOS.C4H8/c10-6-8-9-7-4-2-1-3-5-7;1-2-4-3-1/h1-5H;1-4H2. The molecule has 1 aliphatic carbocycles. The fraction of sp³-hybridized carbons (Fsp3) is 0.364. The van der Waals surface area contributed by atoms with Crippen LogP contribution in [0.5, 0.6) is 5.75 Å². The molecule has 1 fully saturated rings. The maximum atomic E-state index is 4.76. The van der Waals surface area contributed by atoms with Crippen LogP contribution in [0, 0.1) is 0 Å². The van der Waals surface area contributed by atoms with Crippen LogP contribution in [-0.4, -0.2) is 5.16 Å². The summed E-state index contributed by atoms with van der Waals surface area (Å²) in [6.45, 7) is 0. The van der Waals surface area contributed by atoms with Crippen molar-refractivity contribution in [2.24, 2.45) is 5.16 Å². The SMILES string of the molecule is C1CCC1.S=C=NOc1ccccc1. The van der Waals surface area contributed by atoms with E-state index in [2.05, 4.69) is 22.5 Å². The average molecular weight is 207 g/mol. The van der Waals surface area contributed by atoms with Gasteiger partial charge in [-0.15, -0.1) is 0 Å². The van der Waals surface area contributed by atoms with Crippen LogP contribution in [0.2, 0.25) is 0 Å². The maximum absolute atomic E-state index is 4.76. The number of thiocarbonyl (C=S) groups is 1. The lowest BCUT2D eigenvalue weighted by Gasteiger charge is -2.05. The molecule has 0 heterocycles. The van der Waals surface area contributed by atoms with E-state index in [4.69, 9.17) is 4.84 Å². The van der Waals surface area contributed by atoms with Gasteiger partial charge in [0.25, 0.3) is 0 Å². The normalized spacial score (nSPS) is 12.6. The molecule has 0 N–H and O–H groups in total. The first-order valence-electron chi connectivity index (χ1n) is 4.73. The third kappa shape index (κ3) is 4.75. The molecule has 0 spiro atoms. The molecular weight excluding hydrogens is 194 g/mol. The summed E-state index contributed by atoms with van der Waals surface area (Å²) in [5.41, 5.74) is 0. The summed E-state index contributed by atoms with van der Waals surface area (Å²) in [7, 11) is 0. The molecule has 1 saturated carbocycles. The summed E-state index contributed by atoms with van der Waals surface area (Å²) >= 11 is 4.31. The van der Waals surface area contributed by atoms with Crippen molar-refractivity contribution in [2.45, 2.75) is 25.7 Å². The van der Waals surface area contributed by atoms with Crippen LogP contribution < -0.4 is 4.84 Å². The van der Waals surface area contributed by atoms with E-state index in [9.17, 15) is 0 Å². The van der Waals surface area contributed by atoms with Gasteiger partial charge in [0.15, 0.2) is 5.75 Å². The van der Waals surface area contributed by atoms with Gasteiger partial charge in [-0.25, -0.2) is 0 Å². The number of para-hydroxylation sites is 1. The molecule has 2 nitrogen and oxygen atoms in total. The Kier molecular flexibility index (Phi) is 5.64. The van der Waals surface area contributed by atoms with E-state index in [-0.39, 0.29) is 0 Å². The molecule has 1 aliphatic rings. The molecule has 1 aromatic rings. The third-order valence-electron chi connectivity index (χ3n) is 1.93. The minimum absolute atomic E-state index is 0.667. The van der Waals surface area contributed by atoms with E-state index in [1.165, 1.54) is 25.7 Å². The first-order chi connectivity index (χ1) is 6.93. The Morgan fingerprint density at radius 1 is 1.07 bits per heavy atom. The molecule has 1 aromatic carbocycles. The van der Waals surface area contributed by atoms with Gasteiger partial charge in [-0.1, -0.05) is 43.9 Å². The molecule has 0 aliphatic heterocycles. The molecule has 0 amide bonds. The van der Waals surface area contributed by atoms with Crippen molar-refractivity contribution in [3.8, 4) is 5.75 Å². The fourth-order valence-electron chi connectivity index (χ4n) is 0.803. The van der Waals surface area contributed by atoms with Crippen molar-refractivity contribution >= 4 is 17.4 Å². The quantitative estimate of drug-likeness (QED) is 0.419. The van der Waals surface area contributed by atoms with Crippen molar-refractivity contribution in [3.05, 3.63) is 30.3 Å². The van der Waals surface area contributed by atoms with Crippen molar-refractivity contribution < 1.29 is 4.84 Å². The molecule has 0 radical (unpaired) electrons. The summed E-state index contributed by atoms with van der Waals surface area (Å²) < 4.78 is 0. The predicted molar refractivity (Wildman–Crippen MR) is 60.6 cm³/mol. The summed E-state index contributed by atoms with van der Waals surface area (Å²) in [6.07, 6.45) is 6.00. The fourth-order valence-corrected chi connectivity index (χ4v) is 0.840. The van der Waals surface area contributed by atoms with Crippen LogP contribution in [0.1, 0.15) is 25.7 Å². The number of rotatable bonds is 2. The lowest BCUT2D eigenvalue weighted by molar-refractivity contribution is 0.345. The van der Waals surface area contributed by atoms with Gasteiger partial charge >= 0.3 is 0 Å². The number of nitrogens with zero attached hydrogens (tertiary/aromatic N) is 1. The lowest BCUT2D eigenvalue weighted by Crippen LogP contribution is -1.85. The minimum Gasteiger partial charge on any atom is -0.348 e. The zero-order chi connectivity index (χ0) is 10.1. The third-order valence-corrected chi connectivity index (χ3v) is 2.01. The number of hydrogen-bond donors (Lipinski definition) is 0. The van der Waals surface area contributed by atoms with Crippen LogP contribution in [0.4, 0.5) is 0 Å². The number of hydrogen-bond acceptors (Lipinski definition) is 3. The summed E-state index contributed by atoms with van der Waals surface area (Å²) in [4.78, 5) is 4.76. The predicted octanol–water partition coefficient (Wildman–Crippen LogP) is 3.64. The van der Waals surface area contributed by atoms with Crippen molar-refractivity contribution in [1.29, 1.82) is 0 Å². The zero-order valence-corrected chi connectivity index (χ0v) is 8.80. The monoisotopic (exact) mass is 207 g/mol. The van der Waals surface area contributed by atoms with E-state index in [1.54, 1.807) is 12.1 Å². The molecule has 0 saturated heterocycles. The van der Waals surface area contributed by atoms with E-state index in [0.29, 0.717) is 5.75 Å².